The zero-order valence-electron chi connectivity index (χ0n) is 17.5. The largest absolute Gasteiger partial charge is 0.416 e. The van der Waals surface area contributed by atoms with Gasteiger partial charge in [-0.05, 0) is 50.4 Å². The van der Waals surface area contributed by atoms with E-state index >= 15 is 0 Å². The lowest BCUT2D eigenvalue weighted by Gasteiger charge is -2.36. The molecule has 2 aromatic carbocycles. The minimum atomic E-state index is -4.45. The number of anilines is 2. The van der Waals surface area contributed by atoms with Gasteiger partial charge in [-0.3, -0.25) is 4.79 Å². The van der Waals surface area contributed by atoms with Gasteiger partial charge in [-0.2, -0.15) is 13.2 Å². The molecule has 0 aromatic heterocycles. The standard InChI is InChI=1S/C22H26F4N4O/c1-15(19-13-17(23)6-7-20(19)30-10-8-29(2)9-11-30)28-21(31)14-27-18-5-3-4-16(12-18)22(24,25)26/h3-7,12-13,15,27H,8-11,14H2,1-2H3,(H,28,31). The smallest absolute Gasteiger partial charge is 0.376 e. The normalized spacial score (nSPS) is 16.1. The Morgan fingerprint density at radius 2 is 1.81 bits per heavy atom. The second kappa shape index (κ2) is 9.55. The van der Waals surface area contributed by atoms with Crippen LogP contribution in [0, 0.1) is 5.82 Å². The molecule has 1 aliphatic rings. The molecule has 1 fully saturated rings. The summed E-state index contributed by atoms with van der Waals surface area (Å²) < 4.78 is 52.4. The number of hydrogen-bond acceptors (Lipinski definition) is 4. The lowest BCUT2D eigenvalue weighted by Crippen LogP contribution is -2.45. The number of halogens is 4. The van der Waals surface area contributed by atoms with E-state index in [4.69, 9.17) is 0 Å². The molecule has 168 valence electrons. The number of likely N-dealkylation sites (N-methyl/N-ethyl adjacent to an activating group) is 1. The molecule has 3 rings (SSSR count). The highest BCUT2D eigenvalue weighted by Crippen LogP contribution is 2.31. The van der Waals surface area contributed by atoms with Crippen LogP contribution in [-0.4, -0.2) is 50.6 Å². The van der Waals surface area contributed by atoms with Crippen molar-refractivity contribution in [2.45, 2.75) is 19.1 Å². The minimum Gasteiger partial charge on any atom is -0.376 e. The topological polar surface area (TPSA) is 47.6 Å². The molecule has 1 aliphatic heterocycles. The summed E-state index contributed by atoms with van der Waals surface area (Å²) in [4.78, 5) is 16.8. The van der Waals surface area contributed by atoms with Gasteiger partial charge in [0.1, 0.15) is 5.82 Å². The van der Waals surface area contributed by atoms with Gasteiger partial charge in [0.15, 0.2) is 0 Å². The Kier molecular flexibility index (Phi) is 7.04. The maximum Gasteiger partial charge on any atom is 0.416 e. The highest BCUT2D eigenvalue weighted by molar-refractivity contribution is 5.81. The van der Waals surface area contributed by atoms with Gasteiger partial charge in [0.2, 0.25) is 5.91 Å². The first-order valence-corrected chi connectivity index (χ1v) is 10.1. The molecule has 1 saturated heterocycles. The molecule has 0 saturated carbocycles. The number of rotatable bonds is 6. The van der Waals surface area contributed by atoms with Crippen molar-refractivity contribution in [3.63, 3.8) is 0 Å². The zero-order chi connectivity index (χ0) is 22.6. The molecule has 0 radical (unpaired) electrons. The molecule has 0 bridgehead atoms. The molecule has 1 heterocycles. The summed E-state index contributed by atoms with van der Waals surface area (Å²) in [5.41, 5.74) is 0.939. The van der Waals surface area contributed by atoms with E-state index in [1.807, 2.05) is 7.05 Å². The van der Waals surface area contributed by atoms with Gasteiger partial charge in [0.05, 0.1) is 18.2 Å². The molecule has 1 unspecified atom stereocenters. The summed E-state index contributed by atoms with van der Waals surface area (Å²) in [6, 6.07) is 8.73. The van der Waals surface area contributed by atoms with Crippen molar-refractivity contribution in [2.75, 3.05) is 50.0 Å². The Morgan fingerprint density at radius 3 is 2.48 bits per heavy atom. The number of alkyl halides is 3. The lowest BCUT2D eigenvalue weighted by molar-refractivity contribution is -0.137. The van der Waals surface area contributed by atoms with E-state index < -0.39 is 29.5 Å². The fourth-order valence-electron chi connectivity index (χ4n) is 3.57. The maximum absolute atomic E-state index is 13.9. The first-order chi connectivity index (χ1) is 14.6. The quantitative estimate of drug-likeness (QED) is 0.672. The average Bonchev–Trinajstić information content (AvgIpc) is 2.72. The first kappa shape index (κ1) is 22.9. The van der Waals surface area contributed by atoms with Crippen molar-refractivity contribution in [2.24, 2.45) is 0 Å². The van der Waals surface area contributed by atoms with Crippen LogP contribution in [0.15, 0.2) is 42.5 Å². The van der Waals surface area contributed by atoms with Gasteiger partial charge in [0, 0.05) is 43.1 Å². The fourth-order valence-corrected chi connectivity index (χ4v) is 3.57. The highest BCUT2D eigenvalue weighted by Gasteiger charge is 2.30. The Morgan fingerprint density at radius 1 is 1.10 bits per heavy atom. The van der Waals surface area contributed by atoms with Crippen LogP contribution in [0.5, 0.6) is 0 Å². The molecule has 31 heavy (non-hydrogen) atoms. The molecular formula is C22H26F4N4O. The first-order valence-electron chi connectivity index (χ1n) is 10.1. The van der Waals surface area contributed by atoms with Crippen molar-refractivity contribution in [1.82, 2.24) is 10.2 Å². The van der Waals surface area contributed by atoms with Crippen molar-refractivity contribution >= 4 is 17.3 Å². The van der Waals surface area contributed by atoms with Crippen molar-refractivity contribution < 1.29 is 22.4 Å². The molecule has 5 nitrogen and oxygen atoms in total. The molecule has 2 N–H and O–H groups in total. The molecule has 1 atom stereocenters. The fraction of sp³-hybridized carbons (Fsp3) is 0.409. The summed E-state index contributed by atoms with van der Waals surface area (Å²) in [5.74, 6) is -0.797. The van der Waals surface area contributed by atoms with Gasteiger partial charge in [-0.15, -0.1) is 0 Å². The average molecular weight is 438 g/mol. The van der Waals surface area contributed by atoms with E-state index in [0.717, 1.165) is 44.0 Å². The van der Waals surface area contributed by atoms with Crippen molar-refractivity contribution in [3.8, 4) is 0 Å². The van der Waals surface area contributed by atoms with Crippen LogP contribution in [0.3, 0.4) is 0 Å². The number of amides is 1. The van der Waals surface area contributed by atoms with Crippen molar-refractivity contribution in [3.05, 3.63) is 59.4 Å². The second-order valence-electron chi connectivity index (χ2n) is 7.71. The third-order valence-corrected chi connectivity index (χ3v) is 5.32. The Balaban J connectivity index is 1.64. The number of piperazine rings is 1. The van der Waals surface area contributed by atoms with E-state index in [9.17, 15) is 22.4 Å². The summed E-state index contributed by atoms with van der Waals surface area (Å²) in [5, 5.41) is 5.51. The number of benzene rings is 2. The van der Waals surface area contributed by atoms with Crippen molar-refractivity contribution in [1.29, 1.82) is 0 Å². The van der Waals surface area contributed by atoms with E-state index in [1.165, 1.54) is 24.3 Å². The van der Waals surface area contributed by atoms with Gasteiger partial charge >= 0.3 is 6.18 Å². The minimum absolute atomic E-state index is 0.196. The van der Waals surface area contributed by atoms with Gasteiger partial charge < -0.3 is 20.4 Å². The Labute approximate surface area is 179 Å². The molecule has 0 aliphatic carbocycles. The predicted octanol–water partition coefficient (Wildman–Crippen LogP) is 3.89. The van der Waals surface area contributed by atoms with E-state index in [1.54, 1.807) is 13.0 Å². The summed E-state index contributed by atoms with van der Waals surface area (Å²) in [6.45, 7) is 4.93. The summed E-state index contributed by atoms with van der Waals surface area (Å²) >= 11 is 0. The number of carbonyl (C=O) groups is 1. The lowest BCUT2D eigenvalue weighted by atomic mass is 10.0. The van der Waals surface area contributed by atoms with Crippen LogP contribution >= 0.6 is 0 Å². The van der Waals surface area contributed by atoms with E-state index in [2.05, 4.69) is 20.4 Å². The number of nitrogens with one attached hydrogen (secondary N) is 2. The summed E-state index contributed by atoms with van der Waals surface area (Å²) in [6.07, 6.45) is -4.45. The molecule has 0 spiro atoms. The number of hydrogen-bond donors (Lipinski definition) is 2. The maximum atomic E-state index is 13.9. The molecule has 9 heteroatoms. The predicted molar refractivity (Wildman–Crippen MR) is 113 cm³/mol. The SMILES string of the molecule is CC(NC(=O)CNc1cccc(C(F)(F)F)c1)c1cc(F)ccc1N1CCN(C)CC1. The van der Waals surface area contributed by atoms with Crippen LogP contribution in [0.25, 0.3) is 0 Å². The molecule has 2 aromatic rings. The number of nitrogens with zero attached hydrogens (tertiary/aromatic N) is 2. The molecule has 1 amide bonds. The van der Waals surface area contributed by atoms with E-state index in [-0.39, 0.29) is 12.2 Å². The van der Waals surface area contributed by atoms with Gasteiger partial charge in [-0.1, -0.05) is 6.07 Å². The molecular weight excluding hydrogens is 412 g/mol. The van der Waals surface area contributed by atoms with Gasteiger partial charge in [0.25, 0.3) is 0 Å². The van der Waals surface area contributed by atoms with Crippen LogP contribution in [-0.2, 0) is 11.0 Å². The third-order valence-electron chi connectivity index (χ3n) is 5.32. The van der Waals surface area contributed by atoms with Crippen LogP contribution in [0.4, 0.5) is 28.9 Å². The monoisotopic (exact) mass is 438 g/mol. The highest BCUT2D eigenvalue weighted by atomic mass is 19.4. The second-order valence-corrected chi connectivity index (χ2v) is 7.71. The van der Waals surface area contributed by atoms with Crippen LogP contribution in [0.1, 0.15) is 24.1 Å². The van der Waals surface area contributed by atoms with Crippen LogP contribution < -0.4 is 15.5 Å². The number of carbonyl (C=O) groups excluding carboxylic acids is 1. The zero-order valence-corrected chi connectivity index (χ0v) is 17.5. The third kappa shape index (κ3) is 6.10. The van der Waals surface area contributed by atoms with Gasteiger partial charge in [-0.25, -0.2) is 4.39 Å². The Bertz CT molecular complexity index is 911. The van der Waals surface area contributed by atoms with E-state index in [0.29, 0.717) is 5.56 Å². The van der Waals surface area contributed by atoms with Crippen LogP contribution in [0.2, 0.25) is 0 Å². The summed E-state index contributed by atoms with van der Waals surface area (Å²) in [7, 11) is 2.04. The Hall–Kier alpha value is -2.81.